The van der Waals surface area contributed by atoms with Gasteiger partial charge in [-0.2, -0.15) is 0 Å². The number of aryl methyl sites for hydroxylation is 2. The minimum Gasteiger partial charge on any atom is -0.352 e. The maximum atomic E-state index is 11.3. The number of aromatic nitrogens is 2. The number of halogens is 1. The first kappa shape index (κ1) is 11.8. The zero-order chi connectivity index (χ0) is 11.7. The summed E-state index contributed by atoms with van der Waals surface area (Å²) < 4.78 is 11.3. The van der Waals surface area contributed by atoms with Crippen LogP contribution in [-0.2, 0) is 10.8 Å². The van der Waals surface area contributed by atoms with Crippen LogP contribution in [0.25, 0.3) is 0 Å². The lowest BCUT2D eigenvalue weighted by molar-refractivity contribution is 0.672. The molecule has 2 rings (SSSR count). The Morgan fingerprint density at radius 3 is 2.38 bits per heavy atom. The van der Waals surface area contributed by atoms with Crippen LogP contribution in [0.1, 0.15) is 11.4 Å². The van der Waals surface area contributed by atoms with Gasteiger partial charge in [-0.25, -0.2) is 9.97 Å². The van der Waals surface area contributed by atoms with Crippen molar-refractivity contribution < 1.29 is 4.21 Å². The van der Waals surface area contributed by atoms with Crippen LogP contribution in [0.4, 0.5) is 5.82 Å². The normalized spacial score (nSPS) is 17.8. The van der Waals surface area contributed by atoms with Crippen LogP contribution >= 0.6 is 11.6 Å². The minimum absolute atomic E-state index is 0.441. The molecule has 1 aliphatic heterocycles. The quantitative estimate of drug-likeness (QED) is 0.763. The molecule has 0 aliphatic carbocycles. The van der Waals surface area contributed by atoms with E-state index in [0.717, 1.165) is 30.3 Å². The van der Waals surface area contributed by atoms with Gasteiger partial charge >= 0.3 is 0 Å². The Hall–Kier alpha value is -0.680. The van der Waals surface area contributed by atoms with E-state index in [0.29, 0.717) is 16.7 Å². The highest BCUT2D eigenvalue weighted by Gasteiger charge is 2.20. The van der Waals surface area contributed by atoms with Gasteiger partial charge in [-0.05, 0) is 13.8 Å². The van der Waals surface area contributed by atoms with Crippen molar-refractivity contribution in [2.24, 2.45) is 0 Å². The highest BCUT2D eigenvalue weighted by molar-refractivity contribution is 7.85. The van der Waals surface area contributed by atoms with E-state index in [1.54, 1.807) is 0 Å². The predicted molar refractivity (Wildman–Crippen MR) is 66.6 cm³/mol. The molecule has 1 fully saturated rings. The van der Waals surface area contributed by atoms with Crippen LogP contribution < -0.4 is 4.90 Å². The second-order valence-electron chi connectivity index (χ2n) is 3.84. The molecule has 0 radical (unpaired) electrons. The van der Waals surface area contributed by atoms with Gasteiger partial charge in [0, 0.05) is 35.4 Å². The van der Waals surface area contributed by atoms with Crippen molar-refractivity contribution in [1.29, 1.82) is 0 Å². The molecule has 0 bridgehead atoms. The smallest absolute Gasteiger partial charge is 0.171 e. The summed E-state index contributed by atoms with van der Waals surface area (Å²) in [5.74, 6) is 2.09. The van der Waals surface area contributed by atoms with Gasteiger partial charge in [-0.3, -0.25) is 4.21 Å². The van der Waals surface area contributed by atoms with Crippen LogP contribution in [0.2, 0.25) is 5.15 Å². The Morgan fingerprint density at radius 2 is 1.75 bits per heavy atom. The molecule has 2 heterocycles. The second kappa shape index (κ2) is 4.67. The molecule has 6 heteroatoms. The number of hydrogen-bond donors (Lipinski definition) is 0. The van der Waals surface area contributed by atoms with Gasteiger partial charge in [0.25, 0.3) is 0 Å². The lowest BCUT2D eigenvalue weighted by atomic mass is 10.3. The van der Waals surface area contributed by atoms with Crippen LogP contribution in [0.15, 0.2) is 0 Å². The summed E-state index contributed by atoms with van der Waals surface area (Å²) in [6, 6.07) is 0. The largest absolute Gasteiger partial charge is 0.352 e. The van der Waals surface area contributed by atoms with Crippen molar-refractivity contribution in [3.8, 4) is 0 Å². The van der Waals surface area contributed by atoms with E-state index in [2.05, 4.69) is 14.9 Å². The van der Waals surface area contributed by atoms with Crippen molar-refractivity contribution in [2.45, 2.75) is 13.8 Å². The van der Waals surface area contributed by atoms with E-state index in [1.165, 1.54) is 0 Å². The van der Waals surface area contributed by atoms with Crippen LogP contribution in [0.5, 0.6) is 0 Å². The maximum absolute atomic E-state index is 11.3. The lowest BCUT2D eigenvalue weighted by Crippen LogP contribution is -2.38. The molecule has 1 aromatic heterocycles. The van der Waals surface area contributed by atoms with Gasteiger partial charge in [0.2, 0.25) is 0 Å². The lowest BCUT2D eigenvalue weighted by Gasteiger charge is -2.28. The summed E-state index contributed by atoms with van der Waals surface area (Å²) in [4.78, 5) is 10.8. The Labute approximate surface area is 102 Å². The summed E-state index contributed by atoms with van der Waals surface area (Å²) >= 11 is 6.08. The highest BCUT2D eigenvalue weighted by atomic mass is 35.5. The Kier molecular flexibility index (Phi) is 3.44. The number of hydrogen-bond acceptors (Lipinski definition) is 4. The van der Waals surface area contributed by atoms with Crippen molar-refractivity contribution in [1.82, 2.24) is 9.97 Å². The highest BCUT2D eigenvalue weighted by Crippen LogP contribution is 2.23. The summed E-state index contributed by atoms with van der Waals surface area (Å²) in [7, 11) is -0.684. The molecule has 0 unspecified atom stereocenters. The number of anilines is 1. The van der Waals surface area contributed by atoms with E-state index in [1.807, 2.05) is 13.8 Å². The van der Waals surface area contributed by atoms with E-state index in [9.17, 15) is 4.21 Å². The predicted octanol–water partition coefficient (Wildman–Crippen LogP) is 1.32. The summed E-state index contributed by atoms with van der Waals surface area (Å²) in [5, 5.41) is 0.441. The molecule has 0 atom stereocenters. The van der Waals surface area contributed by atoms with Gasteiger partial charge in [-0.15, -0.1) is 0 Å². The molecule has 1 aromatic rings. The zero-order valence-electron chi connectivity index (χ0n) is 9.36. The van der Waals surface area contributed by atoms with Crippen LogP contribution in [-0.4, -0.2) is 38.8 Å². The number of nitrogens with zero attached hydrogens (tertiary/aromatic N) is 3. The molecular weight excluding hydrogens is 246 g/mol. The first-order valence-electron chi connectivity index (χ1n) is 5.18. The van der Waals surface area contributed by atoms with Gasteiger partial charge in [0.15, 0.2) is 11.0 Å². The summed E-state index contributed by atoms with van der Waals surface area (Å²) in [5.41, 5.74) is 1.75. The summed E-state index contributed by atoms with van der Waals surface area (Å²) in [6.45, 7) is 5.29. The fraction of sp³-hybridized carbons (Fsp3) is 0.600. The molecule has 1 saturated heterocycles. The first-order chi connectivity index (χ1) is 7.58. The van der Waals surface area contributed by atoms with E-state index in [-0.39, 0.29) is 0 Å². The maximum Gasteiger partial charge on any atom is 0.171 e. The molecule has 0 amide bonds. The molecule has 0 spiro atoms. The van der Waals surface area contributed by atoms with Crippen LogP contribution in [0.3, 0.4) is 0 Å². The second-order valence-corrected chi connectivity index (χ2v) is 5.90. The summed E-state index contributed by atoms with van der Waals surface area (Å²) in [6.07, 6.45) is 0. The van der Waals surface area contributed by atoms with Crippen molar-refractivity contribution >= 4 is 28.2 Å². The van der Waals surface area contributed by atoms with Crippen molar-refractivity contribution in [2.75, 3.05) is 29.5 Å². The van der Waals surface area contributed by atoms with Gasteiger partial charge < -0.3 is 4.90 Å². The fourth-order valence-corrected chi connectivity index (χ4v) is 2.96. The number of rotatable bonds is 1. The third-order valence-corrected chi connectivity index (χ3v) is 4.25. The standard InChI is InChI=1S/C10H14ClN3OS/c1-7-8(2)13-10(9(11)12-7)14-3-5-16(15)6-4-14/h3-6H2,1-2H3. The van der Waals surface area contributed by atoms with E-state index < -0.39 is 10.8 Å². The monoisotopic (exact) mass is 259 g/mol. The average Bonchev–Trinajstić information content (AvgIpc) is 2.25. The SMILES string of the molecule is Cc1nc(Cl)c(N2CCS(=O)CC2)nc1C. The van der Waals surface area contributed by atoms with Crippen molar-refractivity contribution in [3.63, 3.8) is 0 Å². The molecule has 88 valence electrons. The van der Waals surface area contributed by atoms with Gasteiger partial charge in [-0.1, -0.05) is 11.6 Å². The van der Waals surface area contributed by atoms with Crippen LogP contribution in [0, 0.1) is 13.8 Å². The molecular formula is C10H14ClN3OS. The van der Waals surface area contributed by atoms with E-state index in [4.69, 9.17) is 11.6 Å². The third kappa shape index (κ3) is 2.35. The molecule has 4 nitrogen and oxygen atoms in total. The first-order valence-corrected chi connectivity index (χ1v) is 7.05. The zero-order valence-corrected chi connectivity index (χ0v) is 10.9. The molecule has 0 saturated carbocycles. The topological polar surface area (TPSA) is 46.1 Å². The minimum atomic E-state index is -0.684. The fourth-order valence-electron chi connectivity index (χ4n) is 1.61. The molecule has 0 N–H and O–H groups in total. The van der Waals surface area contributed by atoms with Crippen molar-refractivity contribution in [3.05, 3.63) is 16.5 Å². The third-order valence-electron chi connectivity index (χ3n) is 2.72. The molecule has 16 heavy (non-hydrogen) atoms. The Balaban J connectivity index is 2.26. The molecule has 0 aromatic carbocycles. The van der Waals surface area contributed by atoms with E-state index >= 15 is 0 Å². The van der Waals surface area contributed by atoms with Gasteiger partial charge in [0.05, 0.1) is 11.4 Å². The molecule has 1 aliphatic rings. The Bertz CT molecular complexity index is 428. The van der Waals surface area contributed by atoms with Gasteiger partial charge in [0.1, 0.15) is 0 Å². The average molecular weight is 260 g/mol. The Morgan fingerprint density at radius 1 is 1.19 bits per heavy atom.